The predicted octanol–water partition coefficient (Wildman–Crippen LogP) is 7.18. The van der Waals surface area contributed by atoms with E-state index in [9.17, 15) is 28.6 Å². The summed E-state index contributed by atoms with van der Waals surface area (Å²) < 4.78 is 68.7. The van der Waals surface area contributed by atoms with Crippen molar-refractivity contribution in [3.63, 3.8) is 0 Å². The number of hydrogen-bond acceptors (Lipinski definition) is 14. The van der Waals surface area contributed by atoms with Crippen LogP contribution in [0.5, 0.6) is 5.75 Å². The summed E-state index contributed by atoms with van der Waals surface area (Å²) in [5.74, 6) is 0.610. The standard InChI is InChI=1S/C51H69N4O14PSi2.C6H15N/c1-33-30-55(48(59)53-45(33)57)42-29-38(67-51(34-19-15-13-16-20-34,35-21-17-14-18-22-35)36-23-25-37(62-8)26-24-36)39(65-42)31-63-70(60,61)68-43-40(32-64-71(9,10)49(2,3)4)66-46(54-28-27-41(56)52-47(54)58)44(43)69-72(11,12)50(5,6)7;1-4-7(5-2)6-3/h13-28,30,38-40,42-44,46H,29,31-32H2,1-12H3,(H,60,61)(H,52,56,58)(H,53,57,59);4-6H2,1-3H3/t38-,39+,40+,42+,43+,44+,46+;/m0./s1. The number of phosphoric ester groups is 1. The van der Waals surface area contributed by atoms with Crippen LogP contribution in [0.25, 0.3) is 0 Å². The highest BCUT2D eigenvalue weighted by atomic mass is 31.2. The Morgan fingerprint density at radius 1 is 0.709 bits per heavy atom. The fraction of sp³-hybridized carbons (Fsp3) is 0.544. The molecule has 4 heterocycles. The quantitative estimate of drug-likeness (QED) is 0.0376. The molecule has 3 N–H and O–H groups in total. The molecule has 7 rings (SSSR count). The van der Waals surface area contributed by atoms with E-state index in [1.807, 2.05) is 132 Å². The maximum atomic E-state index is 14.6. The van der Waals surface area contributed by atoms with Gasteiger partial charge in [-0.25, -0.2) is 9.59 Å². The van der Waals surface area contributed by atoms with Gasteiger partial charge < -0.3 is 46.6 Å². The number of ether oxygens (including phenoxy) is 4. The maximum Gasteiger partial charge on any atom is 0.330 e. The Hall–Kier alpha value is -4.88. The van der Waals surface area contributed by atoms with Crippen LogP contribution in [-0.4, -0.2) is 106 Å². The second-order valence-corrected chi connectivity index (χ2v) is 34.2. The van der Waals surface area contributed by atoms with Crippen LogP contribution < -0.4 is 37.0 Å². The summed E-state index contributed by atoms with van der Waals surface area (Å²) in [6.45, 7) is 31.5. The van der Waals surface area contributed by atoms with E-state index >= 15 is 0 Å². The highest BCUT2D eigenvalue weighted by molar-refractivity contribution is 7.45. The highest BCUT2D eigenvalue weighted by Crippen LogP contribution is 2.51. The minimum atomic E-state index is -5.44. The SMILES string of the molecule is CC[NH+](CC)CC.COc1ccc(C(O[C@H]2C[C@H](n3cc(C)c(=O)[nH]c3=O)O[C@@H]2COP(=O)([O-])O[C@H]2[C@@H](O[Si](C)(C)C(C)(C)C)[C@H](n3ccc(=O)[nH]c3=O)O[C@@H]2CO[Si](C)(C)C(C)(C)C)(c2ccccc2)c2ccccc2)cc1. The van der Waals surface area contributed by atoms with Crippen LogP contribution in [0.1, 0.15) is 103 Å². The number of aromatic amines is 2. The molecule has 2 aliphatic rings. The van der Waals surface area contributed by atoms with Crippen molar-refractivity contribution in [1.82, 2.24) is 19.1 Å². The molecule has 0 saturated carbocycles. The van der Waals surface area contributed by atoms with Crippen molar-refractivity contribution in [3.05, 3.63) is 167 Å². The fourth-order valence-corrected chi connectivity index (χ4v) is 12.4. The van der Waals surface area contributed by atoms with Crippen molar-refractivity contribution in [1.29, 1.82) is 0 Å². The summed E-state index contributed by atoms with van der Waals surface area (Å²) in [7, 11) is -9.20. The Kier molecular flexibility index (Phi) is 20.8. The van der Waals surface area contributed by atoms with E-state index in [0.29, 0.717) is 11.3 Å². The predicted molar refractivity (Wildman–Crippen MR) is 307 cm³/mol. The average molecular weight is 1150 g/mol. The van der Waals surface area contributed by atoms with Gasteiger partial charge in [0.25, 0.3) is 18.9 Å². The van der Waals surface area contributed by atoms with Crippen LogP contribution in [0.4, 0.5) is 0 Å². The lowest BCUT2D eigenvalue weighted by atomic mass is 9.79. The largest absolute Gasteiger partial charge is 0.756 e. The zero-order valence-electron chi connectivity index (χ0n) is 48.7. The summed E-state index contributed by atoms with van der Waals surface area (Å²) in [6, 6.07) is 27.6. The molecular formula is C57H84N5O14PSi2. The Labute approximate surface area is 466 Å². The number of hydrogen-bond donors (Lipinski definition) is 3. The lowest BCUT2D eigenvalue weighted by Crippen LogP contribution is -3.11. The molecule has 434 valence electrons. The average Bonchev–Trinajstić information content (AvgIpc) is 4.08. The Morgan fingerprint density at radius 3 is 1.76 bits per heavy atom. The van der Waals surface area contributed by atoms with E-state index in [4.69, 9.17) is 36.8 Å². The van der Waals surface area contributed by atoms with Crippen molar-refractivity contribution in [2.45, 2.75) is 160 Å². The smallest absolute Gasteiger partial charge is 0.330 e. The minimum absolute atomic E-state index is 0.00234. The van der Waals surface area contributed by atoms with Crippen LogP contribution in [0.15, 0.2) is 123 Å². The Morgan fingerprint density at radius 2 is 1.25 bits per heavy atom. The molecular weight excluding hydrogens is 1070 g/mol. The van der Waals surface area contributed by atoms with Crippen LogP contribution in [0.2, 0.25) is 36.3 Å². The molecule has 5 aromatic rings. The van der Waals surface area contributed by atoms with E-state index in [2.05, 4.69) is 51.5 Å². The first-order valence-corrected chi connectivity index (χ1v) is 34.5. The lowest BCUT2D eigenvalue weighted by molar-refractivity contribution is -0.894. The fourth-order valence-electron chi connectivity index (χ4n) is 9.11. The van der Waals surface area contributed by atoms with E-state index in [1.165, 1.54) is 42.7 Å². The molecule has 2 fully saturated rings. The van der Waals surface area contributed by atoms with Gasteiger partial charge in [-0.3, -0.25) is 33.3 Å². The van der Waals surface area contributed by atoms with Crippen molar-refractivity contribution in [2.75, 3.05) is 40.0 Å². The summed E-state index contributed by atoms with van der Waals surface area (Å²) in [5, 5.41) is -0.641. The number of rotatable bonds is 21. The second-order valence-electron chi connectivity index (χ2n) is 23.3. The van der Waals surface area contributed by atoms with Crippen molar-refractivity contribution < 1.29 is 51.2 Å². The van der Waals surface area contributed by atoms with Gasteiger partial charge in [-0.2, -0.15) is 0 Å². The number of benzene rings is 3. The van der Waals surface area contributed by atoms with Crippen LogP contribution in [0, 0.1) is 6.92 Å². The topological polar surface area (TPSA) is 228 Å². The normalized spacial score (nSPS) is 21.9. The van der Waals surface area contributed by atoms with Crippen molar-refractivity contribution in [3.8, 4) is 5.75 Å². The van der Waals surface area contributed by atoms with Gasteiger partial charge in [0.1, 0.15) is 42.0 Å². The first kappa shape index (κ1) is 63.3. The van der Waals surface area contributed by atoms with Crippen LogP contribution in [-0.2, 0) is 42.3 Å². The zero-order valence-corrected chi connectivity index (χ0v) is 51.6. The molecule has 0 radical (unpaired) electrons. The number of nitrogens with zero attached hydrogens (tertiary/aromatic N) is 2. The van der Waals surface area contributed by atoms with Gasteiger partial charge >= 0.3 is 11.4 Å². The lowest BCUT2D eigenvalue weighted by Gasteiger charge is -2.41. The Balaban J connectivity index is 0.00000135. The van der Waals surface area contributed by atoms with E-state index in [0.717, 1.165) is 15.7 Å². The van der Waals surface area contributed by atoms with Gasteiger partial charge in [-0.05, 0) is 92.8 Å². The molecule has 8 atom stereocenters. The number of nitrogens with one attached hydrogen (secondary N) is 3. The van der Waals surface area contributed by atoms with Crippen molar-refractivity contribution >= 4 is 24.5 Å². The first-order valence-electron chi connectivity index (χ1n) is 27.2. The molecule has 0 amide bonds. The molecule has 2 saturated heterocycles. The summed E-state index contributed by atoms with van der Waals surface area (Å²) >= 11 is 0. The van der Waals surface area contributed by atoms with E-state index in [1.54, 1.807) is 18.9 Å². The number of methoxy groups -OCH3 is 1. The Bertz CT molecular complexity index is 3020. The van der Waals surface area contributed by atoms with Gasteiger partial charge in [0.2, 0.25) is 0 Å². The molecule has 2 aromatic heterocycles. The highest BCUT2D eigenvalue weighted by Gasteiger charge is 2.54. The molecule has 79 heavy (non-hydrogen) atoms. The van der Waals surface area contributed by atoms with Gasteiger partial charge in [-0.1, -0.05) is 114 Å². The van der Waals surface area contributed by atoms with Gasteiger partial charge in [0, 0.05) is 30.4 Å². The first-order chi connectivity index (χ1) is 37.0. The summed E-state index contributed by atoms with van der Waals surface area (Å²) in [6.07, 6.45) is -5.62. The van der Waals surface area contributed by atoms with Crippen LogP contribution in [0.3, 0.4) is 0 Å². The third kappa shape index (κ3) is 15.0. The zero-order chi connectivity index (χ0) is 58.3. The number of aryl methyl sites for hydroxylation is 1. The number of H-pyrrole nitrogens is 2. The van der Waals surface area contributed by atoms with Gasteiger partial charge in [0.15, 0.2) is 22.9 Å². The molecule has 2 aliphatic heterocycles. The van der Waals surface area contributed by atoms with Gasteiger partial charge in [0.05, 0.1) is 46.1 Å². The third-order valence-electron chi connectivity index (χ3n) is 16.0. The molecule has 0 spiro atoms. The molecule has 0 bridgehead atoms. The van der Waals surface area contributed by atoms with Gasteiger partial charge in [-0.15, -0.1) is 0 Å². The molecule has 19 nitrogen and oxygen atoms in total. The number of quaternary nitrogens is 1. The third-order valence-corrected chi connectivity index (χ3v) is 26.0. The second kappa shape index (κ2) is 25.9. The molecule has 3 aromatic carbocycles. The molecule has 1 unspecified atom stereocenters. The summed E-state index contributed by atoms with van der Waals surface area (Å²) in [5.41, 5.74) is -1.68. The van der Waals surface area contributed by atoms with Crippen LogP contribution >= 0.6 is 7.82 Å². The van der Waals surface area contributed by atoms with E-state index < -0.39 is 107 Å². The minimum Gasteiger partial charge on any atom is -0.756 e. The summed E-state index contributed by atoms with van der Waals surface area (Å²) in [4.78, 5) is 72.6. The monoisotopic (exact) mass is 1150 g/mol. The molecule has 0 aliphatic carbocycles. The number of phosphoric acid groups is 1. The molecule has 22 heteroatoms. The maximum absolute atomic E-state index is 14.6. The number of aromatic nitrogens is 4. The van der Waals surface area contributed by atoms with E-state index in [-0.39, 0.29) is 23.6 Å². The van der Waals surface area contributed by atoms with Crippen molar-refractivity contribution in [2.24, 2.45) is 0 Å².